The summed E-state index contributed by atoms with van der Waals surface area (Å²) in [6, 6.07) is 0. The molecule has 0 saturated heterocycles. The van der Waals surface area contributed by atoms with Gasteiger partial charge in [0.05, 0.1) is 17.2 Å². The minimum atomic E-state index is 0.00811. The number of nitrogens with one attached hydrogen (secondary N) is 1. The Kier molecular flexibility index (Phi) is 6.62. The number of carbonyl (C=O) groups excluding carboxylic acids is 1. The van der Waals surface area contributed by atoms with E-state index in [0.29, 0.717) is 18.0 Å². The van der Waals surface area contributed by atoms with E-state index in [4.69, 9.17) is 11.6 Å². The van der Waals surface area contributed by atoms with Crippen molar-refractivity contribution >= 4 is 40.6 Å². The second kappa shape index (κ2) is 7.74. The Bertz CT molecular complexity index is 393. The first-order chi connectivity index (χ1) is 8.08. The molecule has 1 aromatic rings. The predicted molar refractivity (Wildman–Crippen MR) is 75.6 cm³/mol. The Morgan fingerprint density at radius 2 is 2.47 bits per heavy atom. The summed E-state index contributed by atoms with van der Waals surface area (Å²) in [6.07, 6.45) is 0.498. The molecule has 0 aliphatic carbocycles. The summed E-state index contributed by atoms with van der Waals surface area (Å²) in [5.74, 6) is 1.66. The fourth-order valence-electron chi connectivity index (χ4n) is 1.10. The first kappa shape index (κ1) is 14.5. The maximum absolute atomic E-state index is 11.3. The molecule has 0 radical (unpaired) electrons. The predicted octanol–water partition coefficient (Wildman–Crippen LogP) is 2.94. The Balaban J connectivity index is 2.07. The SMILES string of the molecule is C=C(Cl)CNC(=O)CCSCc1csc(C)n1. The normalized spacial score (nSPS) is 10.2. The van der Waals surface area contributed by atoms with Gasteiger partial charge in [-0.15, -0.1) is 11.3 Å². The molecule has 1 amide bonds. The molecule has 3 nitrogen and oxygen atoms in total. The zero-order valence-corrected chi connectivity index (χ0v) is 12.1. The van der Waals surface area contributed by atoms with E-state index >= 15 is 0 Å². The minimum Gasteiger partial charge on any atom is -0.351 e. The van der Waals surface area contributed by atoms with Crippen molar-refractivity contribution in [3.8, 4) is 0 Å². The summed E-state index contributed by atoms with van der Waals surface area (Å²) < 4.78 is 0. The molecule has 6 heteroatoms. The highest BCUT2D eigenvalue weighted by molar-refractivity contribution is 7.98. The van der Waals surface area contributed by atoms with E-state index in [-0.39, 0.29) is 5.91 Å². The lowest BCUT2D eigenvalue weighted by Crippen LogP contribution is -2.24. The van der Waals surface area contributed by atoms with E-state index in [2.05, 4.69) is 22.3 Å². The topological polar surface area (TPSA) is 42.0 Å². The molecule has 1 rings (SSSR count). The fourth-order valence-corrected chi connectivity index (χ4v) is 2.72. The number of aromatic nitrogens is 1. The summed E-state index contributed by atoms with van der Waals surface area (Å²) >= 11 is 8.91. The standard InChI is InChI=1S/C11H15ClN2OS2/c1-8(12)5-13-11(15)3-4-16-6-10-7-17-9(2)14-10/h7H,1,3-6H2,2H3,(H,13,15). The number of halogens is 1. The first-order valence-electron chi connectivity index (χ1n) is 5.16. The van der Waals surface area contributed by atoms with Crippen molar-refractivity contribution in [2.45, 2.75) is 19.1 Å². The second-order valence-electron chi connectivity index (χ2n) is 3.45. The number of amides is 1. The van der Waals surface area contributed by atoms with Crippen LogP contribution in [-0.2, 0) is 10.5 Å². The molecule has 0 spiro atoms. The number of thioether (sulfide) groups is 1. The van der Waals surface area contributed by atoms with Crippen LogP contribution in [0.2, 0.25) is 0 Å². The molecule has 0 saturated carbocycles. The molecule has 0 unspecified atom stereocenters. The van der Waals surface area contributed by atoms with Crippen LogP contribution >= 0.6 is 34.7 Å². The number of hydrogen-bond donors (Lipinski definition) is 1. The molecule has 0 atom stereocenters. The van der Waals surface area contributed by atoms with E-state index in [1.807, 2.05) is 6.92 Å². The van der Waals surface area contributed by atoms with Gasteiger partial charge in [0, 0.05) is 28.3 Å². The Morgan fingerprint density at radius 3 is 3.06 bits per heavy atom. The Labute approximate surface area is 115 Å². The average molecular weight is 291 g/mol. The number of rotatable bonds is 7. The summed E-state index contributed by atoms with van der Waals surface area (Å²) in [4.78, 5) is 15.7. The molecular formula is C11H15ClN2OS2. The van der Waals surface area contributed by atoms with Gasteiger partial charge in [-0.1, -0.05) is 18.2 Å². The van der Waals surface area contributed by atoms with E-state index in [1.54, 1.807) is 23.1 Å². The van der Waals surface area contributed by atoms with Crippen LogP contribution in [0.3, 0.4) is 0 Å². The number of hydrogen-bond acceptors (Lipinski definition) is 4. The lowest BCUT2D eigenvalue weighted by Gasteiger charge is -2.03. The molecule has 0 aromatic carbocycles. The van der Waals surface area contributed by atoms with Gasteiger partial charge in [-0.25, -0.2) is 4.98 Å². The molecule has 0 bridgehead atoms. The zero-order valence-electron chi connectivity index (χ0n) is 9.66. The van der Waals surface area contributed by atoms with Gasteiger partial charge in [-0.2, -0.15) is 11.8 Å². The van der Waals surface area contributed by atoms with Gasteiger partial charge in [0.1, 0.15) is 0 Å². The van der Waals surface area contributed by atoms with Crippen LogP contribution in [0, 0.1) is 6.92 Å². The third-order valence-electron chi connectivity index (χ3n) is 1.87. The highest BCUT2D eigenvalue weighted by atomic mass is 35.5. The largest absolute Gasteiger partial charge is 0.351 e. The van der Waals surface area contributed by atoms with E-state index in [1.165, 1.54) is 0 Å². The summed E-state index contributed by atoms with van der Waals surface area (Å²) in [7, 11) is 0. The van der Waals surface area contributed by atoms with Crippen LogP contribution < -0.4 is 5.32 Å². The zero-order chi connectivity index (χ0) is 12.7. The van der Waals surface area contributed by atoms with Crippen LogP contribution in [0.5, 0.6) is 0 Å². The highest BCUT2D eigenvalue weighted by Crippen LogP contribution is 2.15. The summed E-state index contributed by atoms with van der Waals surface area (Å²) in [5.41, 5.74) is 1.09. The molecule has 0 aliphatic heterocycles. The first-order valence-corrected chi connectivity index (χ1v) is 7.58. The van der Waals surface area contributed by atoms with E-state index < -0.39 is 0 Å². The van der Waals surface area contributed by atoms with Crippen molar-refractivity contribution in [1.82, 2.24) is 10.3 Å². The summed E-state index contributed by atoms with van der Waals surface area (Å²) in [5, 5.41) is 6.27. The van der Waals surface area contributed by atoms with E-state index in [0.717, 1.165) is 22.2 Å². The Morgan fingerprint density at radius 1 is 1.71 bits per heavy atom. The quantitative estimate of drug-likeness (QED) is 0.785. The van der Waals surface area contributed by atoms with Gasteiger partial charge in [-0.05, 0) is 6.92 Å². The van der Waals surface area contributed by atoms with Crippen LogP contribution in [0.15, 0.2) is 17.0 Å². The minimum absolute atomic E-state index is 0.00811. The highest BCUT2D eigenvalue weighted by Gasteiger charge is 2.02. The van der Waals surface area contributed by atoms with Crippen LogP contribution in [0.1, 0.15) is 17.1 Å². The summed E-state index contributed by atoms with van der Waals surface area (Å²) in [6.45, 7) is 5.84. The lowest BCUT2D eigenvalue weighted by atomic mass is 10.4. The maximum Gasteiger partial charge on any atom is 0.221 e. The molecule has 94 valence electrons. The van der Waals surface area contributed by atoms with Crippen LogP contribution in [0.4, 0.5) is 0 Å². The van der Waals surface area contributed by atoms with Gasteiger partial charge in [0.2, 0.25) is 5.91 Å². The smallest absolute Gasteiger partial charge is 0.221 e. The van der Waals surface area contributed by atoms with Gasteiger partial charge in [-0.3, -0.25) is 4.79 Å². The fraction of sp³-hybridized carbons (Fsp3) is 0.455. The monoisotopic (exact) mass is 290 g/mol. The van der Waals surface area contributed by atoms with Gasteiger partial charge in [0.15, 0.2) is 0 Å². The lowest BCUT2D eigenvalue weighted by molar-refractivity contribution is -0.120. The molecule has 0 aliphatic rings. The van der Waals surface area contributed by atoms with Gasteiger partial charge in [0.25, 0.3) is 0 Å². The molecule has 0 fully saturated rings. The molecule has 1 heterocycles. The van der Waals surface area contributed by atoms with Crippen molar-refractivity contribution in [3.63, 3.8) is 0 Å². The number of thiazole rings is 1. The van der Waals surface area contributed by atoms with Crippen molar-refractivity contribution in [1.29, 1.82) is 0 Å². The second-order valence-corrected chi connectivity index (χ2v) is 6.16. The molecule has 1 N–H and O–H groups in total. The van der Waals surface area contributed by atoms with Crippen LogP contribution in [0.25, 0.3) is 0 Å². The Hall–Kier alpha value is -0.520. The van der Waals surface area contributed by atoms with E-state index in [9.17, 15) is 4.79 Å². The average Bonchev–Trinajstić information content (AvgIpc) is 2.68. The maximum atomic E-state index is 11.3. The third kappa shape index (κ3) is 6.71. The number of aryl methyl sites for hydroxylation is 1. The van der Waals surface area contributed by atoms with Crippen molar-refractivity contribution < 1.29 is 4.79 Å². The van der Waals surface area contributed by atoms with Crippen molar-refractivity contribution in [3.05, 3.63) is 27.7 Å². The van der Waals surface area contributed by atoms with Crippen molar-refractivity contribution in [2.75, 3.05) is 12.3 Å². The molecule has 1 aromatic heterocycles. The third-order valence-corrected chi connectivity index (χ3v) is 3.82. The number of nitrogens with zero attached hydrogens (tertiary/aromatic N) is 1. The molecular weight excluding hydrogens is 276 g/mol. The van der Waals surface area contributed by atoms with Gasteiger partial charge >= 0.3 is 0 Å². The van der Waals surface area contributed by atoms with Crippen LogP contribution in [-0.4, -0.2) is 23.2 Å². The molecule has 17 heavy (non-hydrogen) atoms. The van der Waals surface area contributed by atoms with Crippen molar-refractivity contribution in [2.24, 2.45) is 0 Å². The number of carbonyl (C=O) groups is 1. The van der Waals surface area contributed by atoms with Gasteiger partial charge < -0.3 is 5.32 Å².